The van der Waals surface area contributed by atoms with Crippen LogP contribution in [0.3, 0.4) is 0 Å². The lowest BCUT2D eigenvalue weighted by molar-refractivity contribution is -0.118. The number of halogens is 1. The zero-order valence-corrected chi connectivity index (χ0v) is 15.2. The quantitative estimate of drug-likeness (QED) is 0.355. The monoisotopic (exact) mass is 380 g/mol. The highest BCUT2D eigenvalue weighted by Gasteiger charge is 2.33. The summed E-state index contributed by atoms with van der Waals surface area (Å²) in [4.78, 5) is 11.4. The molecule has 0 aliphatic carbocycles. The molecule has 140 valence electrons. The molecular formula is C17H21FN4O3S. The first-order chi connectivity index (χ1) is 12.4. The number of allylic oxidation sites excluding steroid dienone is 2. The summed E-state index contributed by atoms with van der Waals surface area (Å²) in [5.41, 5.74) is 0.556. The molecule has 9 heteroatoms. The van der Waals surface area contributed by atoms with E-state index in [4.69, 9.17) is 5.26 Å². The van der Waals surface area contributed by atoms with Gasteiger partial charge in [0.15, 0.2) is 5.83 Å². The van der Waals surface area contributed by atoms with Gasteiger partial charge < -0.3 is 10.4 Å². The minimum absolute atomic E-state index is 0.0334. The highest BCUT2D eigenvalue weighted by atomic mass is 32.2. The Balaban J connectivity index is 2.29. The van der Waals surface area contributed by atoms with Crippen molar-refractivity contribution in [1.82, 2.24) is 14.3 Å². The van der Waals surface area contributed by atoms with Gasteiger partial charge in [-0.3, -0.25) is 13.8 Å². The number of nitrogens with one attached hydrogen (secondary N) is 2. The Morgan fingerprint density at radius 2 is 2.38 bits per heavy atom. The number of aliphatic hydroxyl groups is 1. The van der Waals surface area contributed by atoms with E-state index in [9.17, 15) is 14.1 Å². The maximum Gasteiger partial charge on any atom is 0.253 e. The molecule has 2 heterocycles. The fraction of sp³-hybridized carbons (Fsp3) is 0.412. The SMILES string of the molecule is C=C(O)/C(=C(F)\C(=C/C)C1=CC(CCCC#N)NC1)N1CC(=O)NS1=O. The Bertz CT molecular complexity index is 766. The highest BCUT2D eigenvalue weighted by molar-refractivity contribution is 7.81. The molecule has 0 aromatic heterocycles. The van der Waals surface area contributed by atoms with Crippen LogP contribution in [0.2, 0.25) is 0 Å². The second-order valence-electron chi connectivity index (χ2n) is 5.85. The molecule has 7 nitrogen and oxygen atoms in total. The topological polar surface area (TPSA) is 105 Å². The molecule has 0 spiro atoms. The minimum Gasteiger partial charge on any atom is -0.506 e. The van der Waals surface area contributed by atoms with Gasteiger partial charge in [0.2, 0.25) is 11.2 Å². The maximum atomic E-state index is 15.2. The summed E-state index contributed by atoms with van der Waals surface area (Å²) in [5, 5.41) is 21.7. The Morgan fingerprint density at radius 3 is 2.92 bits per heavy atom. The normalized spacial score (nSPS) is 24.0. The predicted molar refractivity (Wildman–Crippen MR) is 96.0 cm³/mol. The first kappa shape index (κ1) is 19.9. The van der Waals surface area contributed by atoms with Crippen molar-refractivity contribution >= 4 is 17.1 Å². The summed E-state index contributed by atoms with van der Waals surface area (Å²) in [6.07, 6.45) is 5.39. The second kappa shape index (κ2) is 8.78. The van der Waals surface area contributed by atoms with Crippen molar-refractivity contribution in [2.24, 2.45) is 0 Å². The van der Waals surface area contributed by atoms with Crippen LogP contribution in [0.25, 0.3) is 0 Å². The molecule has 2 unspecified atom stereocenters. The molecule has 0 aromatic carbocycles. The molecule has 1 amide bonds. The molecule has 0 saturated carbocycles. The van der Waals surface area contributed by atoms with E-state index >= 15 is 4.39 Å². The zero-order chi connectivity index (χ0) is 19.3. The van der Waals surface area contributed by atoms with Crippen LogP contribution in [-0.2, 0) is 16.0 Å². The number of aliphatic hydroxyl groups excluding tert-OH is 1. The van der Waals surface area contributed by atoms with Crippen LogP contribution in [0.4, 0.5) is 4.39 Å². The number of nitriles is 1. The van der Waals surface area contributed by atoms with Gasteiger partial charge in [0.25, 0.3) is 5.91 Å². The number of carbonyl (C=O) groups excluding carboxylic acids is 1. The summed E-state index contributed by atoms with van der Waals surface area (Å²) in [6, 6.07) is 2.12. The van der Waals surface area contributed by atoms with E-state index < -0.39 is 28.7 Å². The number of rotatable bonds is 7. The van der Waals surface area contributed by atoms with Crippen LogP contribution in [0, 0.1) is 11.3 Å². The van der Waals surface area contributed by atoms with E-state index in [1.807, 2.05) is 6.08 Å². The van der Waals surface area contributed by atoms with Gasteiger partial charge in [-0.1, -0.05) is 18.7 Å². The molecule has 2 aliphatic heterocycles. The van der Waals surface area contributed by atoms with Gasteiger partial charge in [0, 0.05) is 24.6 Å². The van der Waals surface area contributed by atoms with E-state index in [-0.39, 0.29) is 23.9 Å². The van der Waals surface area contributed by atoms with E-state index in [1.54, 1.807) is 13.0 Å². The van der Waals surface area contributed by atoms with Crippen molar-refractivity contribution in [2.75, 3.05) is 13.1 Å². The summed E-state index contributed by atoms with van der Waals surface area (Å²) >= 11 is -1.97. The van der Waals surface area contributed by atoms with Gasteiger partial charge in [-0.25, -0.2) is 8.60 Å². The molecule has 26 heavy (non-hydrogen) atoms. The average molecular weight is 380 g/mol. The number of carbonyl (C=O) groups is 1. The van der Waals surface area contributed by atoms with E-state index in [2.05, 4.69) is 22.7 Å². The largest absolute Gasteiger partial charge is 0.506 e. The fourth-order valence-corrected chi connectivity index (χ4v) is 3.83. The first-order valence-corrected chi connectivity index (χ1v) is 9.24. The Morgan fingerprint density at radius 1 is 1.65 bits per heavy atom. The van der Waals surface area contributed by atoms with Crippen molar-refractivity contribution in [1.29, 1.82) is 5.26 Å². The van der Waals surface area contributed by atoms with Crippen molar-refractivity contribution in [2.45, 2.75) is 32.2 Å². The van der Waals surface area contributed by atoms with Crippen molar-refractivity contribution in [3.05, 3.63) is 47.2 Å². The molecule has 3 N–H and O–H groups in total. The van der Waals surface area contributed by atoms with Crippen molar-refractivity contribution in [3.8, 4) is 6.07 Å². The lowest BCUT2D eigenvalue weighted by Crippen LogP contribution is -2.25. The highest BCUT2D eigenvalue weighted by Crippen LogP contribution is 2.31. The smallest absolute Gasteiger partial charge is 0.253 e. The van der Waals surface area contributed by atoms with Crippen molar-refractivity contribution in [3.63, 3.8) is 0 Å². The van der Waals surface area contributed by atoms with Gasteiger partial charge in [-0.05, 0) is 25.3 Å². The predicted octanol–water partition coefficient (Wildman–Crippen LogP) is 1.79. The lowest BCUT2D eigenvalue weighted by Gasteiger charge is -2.19. The standard InChI is InChI=1S/C17H21FN4O3S/c1-3-14(12-8-13(20-9-12)6-4-5-7-19)16(18)17(11(2)23)22-10-15(24)21-26(22)25/h3,8,13,20,23H,2,4-6,9-10H2,1H3,(H,21,24)/b14-3-,17-16-. The third kappa shape index (κ3) is 4.39. The summed E-state index contributed by atoms with van der Waals surface area (Å²) < 4.78 is 30.2. The first-order valence-electron chi connectivity index (χ1n) is 8.14. The molecular weight excluding hydrogens is 359 g/mol. The number of hydrogen-bond acceptors (Lipinski definition) is 5. The van der Waals surface area contributed by atoms with Crippen molar-refractivity contribution < 1.29 is 18.5 Å². The van der Waals surface area contributed by atoms with Crippen LogP contribution < -0.4 is 10.0 Å². The number of hydrogen-bond donors (Lipinski definition) is 3. The summed E-state index contributed by atoms with van der Waals surface area (Å²) in [7, 11) is 0. The molecule has 1 saturated heterocycles. The van der Waals surface area contributed by atoms with Crippen LogP contribution in [0.15, 0.2) is 47.2 Å². The van der Waals surface area contributed by atoms with Gasteiger partial charge in [-0.2, -0.15) is 5.26 Å². The second-order valence-corrected chi connectivity index (χ2v) is 7.00. The van der Waals surface area contributed by atoms with Crippen LogP contribution in [0.1, 0.15) is 26.2 Å². The number of amides is 1. The van der Waals surface area contributed by atoms with Crippen LogP contribution >= 0.6 is 0 Å². The Hall–Kier alpha value is -2.44. The van der Waals surface area contributed by atoms with Gasteiger partial charge in [0.1, 0.15) is 18.0 Å². The van der Waals surface area contributed by atoms with Gasteiger partial charge in [0.05, 0.1) is 6.07 Å². The molecule has 2 aliphatic rings. The third-order valence-corrected chi connectivity index (χ3v) is 5.17. The van der Waals surface area contributed by atoms with Crippen LogP contribution in [-0.4, -0.2) is 38.7 Å². The average Bonchev–Trinajstić information content (AvgIpc) is 3.15. The fourth-order valence-electron chi connectivity index (χ4n) is 2.87. The lowest BCUT2D eigenvalue weighted by atomic mass is 10.0. The molecule has 0 aromatic rings. The molecule has 1 fully saturated rings. The van der Waals surface area contributed by atoms with Gasteiger partial charge in [-0.15, -0.1) is 0 Å². The van der Waals surface area contributed by atoms with E-state index in [0.29, 0.717) is 18.5 Å². The number of unbranched alkanes of at least 4 members (excludes halogenated alkanes) is 1. The summed E-state index contributed by atoms with van der Waals surface area (Å²) in [6.45, 7) is 5.09. The van der Waals surface area contributed by atoms with E-state index in [0.717, 1.165) is 17.1 Å². The zero-order valence-electron chi connectivity index (χ0n) is 14.4. The molecule has 2 rings (SSSR count). The number of nitrogens with zero attached hydrogens (tertiary/aromatic N) is 2. The van der Waals surface area contributed by atoms with E-state index in [1.165, 1.54) is 0 Å². The summed E-state index contributed by atoms with van der Waals surface area (Å²) in [5.74, 6) is -1.93. The third-order valence-electron chi connectivity index (χ3n) is 4.05. The molecule has 0 bridgehead atoms. The molecule has 0 radical (unpaired) electrons. The minimum atomic E-state index is -1.97. The molecule has 2 atom stereocenters. The Labute approximate surface area is 154 Å². The van der Waals surface area contributed by atoms with Crippen LogP contribution in [0.5, 0.6) is 0 Å². The van der Waals surface area contributed by atoms with Gasteiger partial charge >= 0.3 is 0 Å². The maximum absolute atomic E-state index is 15.2. The Kier molecular flexibility index (Phi) is 6.71.